The number of hydrogen-bond donors (Lipinski definition) is 5. The summed E-state index contributed by atoms with van der Waals surface area (Å²) in [5.74, 6) is -5.48. The molecule has 0 unspecified atom stereocenters. The SMILES string of the molecule is CC(C)(C)OC(=O)NCCC[C@H](NC(=O)c1ccccc1C(=O)O)C(N)=O.O=C(O)C(F)(F)F. The summed E-state index contributed by atoms with van der Waals surface area (Å²) in [5, 5.41) is 21.2. The Morgan fingerprint density at radius 2 is 1.53 bits per heavy atom. The second-order valence-electron chi connectivity index (χ2n) is 7.65. The fourth-order valence-corrected chi connectivity index (χ4v) is 2.20. The summed E-state index contributed by atoms with van der Waals surface area (Å²) in [4.78, 5) is 55.5. The van der Waals surface area contributed by atoms with Gasteiger partial charge in [0.2, 0.25) is 5.91 Å². The maximum Gasteiger partial charge on any atom is 0.490 e. The molecule has 0 aromatic heterocycles. The molecule has 0 fully saturated rings. The first kappa shape index (κ1) is 30.2. The first-order chi connectivity index (χ1) is 15.5. The number of carboxylic acid groups (broad SMARTS) is 2. The van der Waals surface area contributed by atoms with Crippen LogP contribution in [-0.2, 0) is 14.3 Å². The van der Waals surface area contributed by atoms with Gasteiger partial charge in [0.25, 0.3) is 5.91 Å². The largest absolute Gasteiger partial charge is 0.490 e. The maximum absolute atomic E-state index is 12.3. The summed E-state index contributed by atoms with van der Waals surface area (Å²) in [6.45, 7) is 5.43. The van der Waals surface area contributed by atoms with Gasteiger partial charge in [-0.25, -0.2) is 14.4 Å². The Morgan fingerprint density at radius 3 is 1.94 bits per heavy atom. The van der Waals surface area contributed by atoms with Crippen LogP contribution in [0.15, 0.2) is 24.3 Å². The highest BCUT2D eigenvalue weighted by Gasteiger charge is 2.38. The fraction of sp³-hybridized carbons (Fsp3) is 0.450. The summed E-state index contributed by atoms with van der Waals surface area (Å²) in [7, 11) is 0. The molecule has 0 aliphatic heterocycles. The number of benzene rings is 1. The minimum atomic E-state index is -5.08. The number of aromatic carboxylic acids is 1. The topological polar surface area (TPSA) is 185 Å². The molecule has 0 saturated heterocycles. The molecule has 0 aliphatic carbocycles. The quantitative estimate of drug-likeness (QED) is 0.340. The van der Waals surface area contributed by atoms with Crippen LogP contribution in [0.25, 0.3) is 0 Å². The summed E-state index contributed by atoms with van der Waals surface area (Å²) < 4.78 is 36.8. The lowest BCUT2D eigenvalue weighted by atomic mass is 10.1. The average Bonchev–Trinajstić information content (AvgIpc) is 2.68. The number of primary amides is 1. The second kappa shape index (κ2) is 13.0. The highest BCUT2D eigenvalue weighted by Crippen LogP contribution is 2.13. The molecular weight excluding hydrogens is 467 g/mol. The molecule has 1 rings (SSSR count). The molecule has 6 N–H and O–H groups in total. The zero-order valence-electron chi connectivity index (χ0n) is 18.6. The Labute approximate surface area is 192 Å². The van der Waals surface area contributed by atoms with Crippen molar-refractivity contribution >= 4 is 29.8 Å². The van der Waals surface area contributed by atoms with Crippen molar-refractivity contribution < 1.29 is 52.1 Å². The van der Waals surface area contributed by atoms with E-state index in [-0.39, 0.29) is 24.1 Å². The Kier molecular flexibility index (Phi) is 11.5. The fourth-order valence-electron chi connectivity index (χ4n) is 2.20. The van der Waals surface area contributed by atoms with Gasteiger partial charge in [0.1, 0.15) is 11.6 Å². The van der Waals surface area contributed by atoms with Crippen LogP contribution in [0.5, 0.6) is 0 Å². The Hall–Kier alpha value is -3.84. The summed E-state index contributed by atoms with van der Waals surface area (Å²) in [6.07, 6.45) is -5.14. The van der Waals surface area contributed by atoms with Crippen LogP contribution in [0, 0.1) is 0 Å². The van der Waals surface area contributed by atoms with Crippen molar-refractivity contribution in [3.05, 3.63) is 35.4 Å². The maximum atomic E-state index is 12.3. The molecule has 0 spiro atoms. The van der Waals surface area contributed by atoms with E-state index in [9.17, 15) is 32.3 Å². The molecular formula is C20H26F3N3O8. The summed E-state index contributed by atoms with van der Waals surface area (Å²) in [6, 6.07) is 4.65. The zero-order chi connectivity index (χ0) is 26.7. The number of carbonyl (C=O) groups excluding carboxylic acids is 3. The zero-order valence-corrected chi connectivity index (χ0v) is 18.6. The second-order valence-corrected chi connectivity index (χ2v) is 7.65. The third kappa shape index (κ3) is 12.3. The molecule has 1 aromatic carbocycles. The monoisotopic (exact) mass is 493 g/mol. The van der Waals surface area contributed by atoms with E-state index in [2.05, 4.69) is 10.6 Å². The van der Waals surface area contributed by atoms with Gasteiger partial charge in [-0.05, 0) is 45.7 Å². The van der Waals surface area contributed by atoms with Gasteiger partial charge in [-0.3, -0.25) is 9.59 Å². The van der Waals surface area contributed by atoms with Crippen LogP contribution < -0.4 is 16.4 Å². The minimum absolute atomic E-state index is 0.0665. The van der Waals surface area contributed by atoms with E-state index in [1.165, 1.54) is 24.3 Å². The van der Waals surface area contributed by atoms with E-state index in [1.54, 1.807) is 20.8 Å². The van der Waals surface area contributed by atoms with Gasteiger partial charge in [-0.2, -0.15) is 13.2 Å². The van der Waals surface area contributed by atoms with E-state index in [4.69, 9.17) is 25.5 Å². The van der Waals surface area contributed by atoms with Gasteiger partial charge >= 0.3 is 24.2 Å². The number of aliphatic carboxylic acids is 1. The van der Waals surface area contributed by atoms with Gasteiger partial charge in [0.05, 0.1) is 11.1 Å². The Balaban J connectivity index is 0.00000135. The van der Waals surface area contributed by atoms with Crippen molar-refractivity contribution in [3.8, 4) is 0 Å². The van der Waals surface area contributed by atoms with E-state index in [0.717, 1.165) is 0 Å². The number of rotatable bonds is 8. The number of halogens is 3. The molecule has 1 atom stereocenters. The minimum Gasteiger partial charge on any atom is -0.478 e. The number of carbonyl (C=O) groups is 5. The number of ether oxygens (including phenoxy) is 1. The van der Waals surface area contributed by atoms with Gasteiger partial charge in [0, 0.05) is 6.54 Å². The van der Waals surface area contributed by atoms with Crippen molar-refractivity contribution in [1.82, 2.24) is 10.6 Å². The molecule has 0 radical (unpaired) electrons. The number of nitrogens with one attached hydrogen (secondary N) is 2. The van der Waals surface area contributed by atoms with Gasteiger partial charge in [0.15, 0.2) is 0 Å². The third-order valence-electron chi connectivity index (χ3n) is 3.63. The molecule has 1 aromatic rings. The predicted octanol–water partition coefficient (Wildman–Crippen LogP) is 1.91. The van der Waals surface area contributed by atoms with Crippen molar-refractivity contribution in [3.63, 3.8) is 0 Å². The number of amides is 3. The van der Waals surface area contributed by atoms with Crippen LogP contribution in [-0.4, -0.2) is 64.4 Å². The van der Waals surface area contributed by atoms with Crippen LogP contribution in [0.3, 0.4) is 0 Å². The van der Waals surface area contributed by atoms with Crippen LogP contribution >= 0.6 is 0 Å². The van der Waals surface area contributed by atoms with E-state index < -0.39 is 47.7 Å². The van der Waals surface area contributed by atoms with Crippen LogP contribution in [0.2, 0.25) is 0 Å². The van der Waals surface area contributed by atoms with E-state index >= 15 is 0 Å². The highest BCUT2D eigenvalue weighted by atomic mass is 19.4. The predicted molar refractivity (Wildman–Crippen MR) is 111 cm³/mol. The molecule has 3 amide bonds. The Morgan fingerprint density at radius 1 is 1.03 bits per heavy atom. The number of alkyl halides is 3. The van der Waals surface area contributed by atoms with E-state index in [0.29, 0.717) is 6.42 Å². The smallest absolute Gasteiger partial charge is 0.478 e. The lowest BCUT2D eigenvalue weighted by molar-refractivity contribution is -0.192. The first-order valence-electron chi connectivity index (χ1n) is 9.65. The molecule has 190 valence electrons. The molecule has 0 saturated carbocycles. The molecule has 14 heteroatoms. The average molecular weight is 493 g/mol. The molecule has 0 heterocycles. The highest BCUT2D eigenvalue weighted by molar-refractivity contribution is 6.05. The lowest BCUT2D eigenvalue weighted by Gasteiger charge is -2.20. The summed E-state index contributed by atoms with van der Waals surface area (Å²) in [5.41, 5.74) is 4.44. The molecule has 34 heavy (non-hydrogen) atoms. The van der Waals surface area contributed by atoms with Crippen molar-refractivity contribution in [2.24, 2.45) is 5.73 Å². The van der Waals surface area contributed by atoms with Crippen LogP contribution in [0.1, 0.15) is 54.3 Å². The summed E-state index contributed by atoms with van der Waals surface area (Å²) >= 11 is 0. The number of hydrogen-bond acceptors (Lipinski definition) is 6. The molecule has 0 bridgehead atoms. The van der Waals surface area contributed by atoms with Crippen molar-refractivity contribution in [1.29, 1.82) is 0 Å². The molecule has 0 aliphatic rings. The van der Waals surface area contributed by atoms with Crippen molar-refractivity contribution in [2.45, 2.75) is 51.4 Å². The van der Waals surface area contributed by atoms with Gasteiger partial charge < -0.3 is 31.3 Å². The number of nitrogens with two attached hydrogens (primary N) is 1. The Bertz CT molecular complexity index is 898. The van der Waals surface area contributed by atoms with Gasteiger partial charge in [-0.1, -0.05) is 12.1 Å². The first-order valence-corrected chi connectivity index (χ1v) is 9.65. The lowest BCUT2D eigenvalue weighted by Crippen LogP contribution is -2.45. The van der Waals surface area contributed by atoms with E-state index in [1.807, 2.05) is 0 Å². The standard InChI is InChI=1S/C18H25N3O6.C2HF3O2/c1-18(2,3)27-17(26)20-10-6-9-13(14(19)22)21-15(23)11-7-4-5-8-12(11)16(24)25;3-2(4,5)1(6)7/h4-5,7-8,13H,6,9-10H2,1-3H3,(H2,19,22)(H,20,26)(H,21,23)(H,24,25);(H,6,7)/t13-;/m0./s1. The number of carboxylic acids is 2. The number of alkyl carbamates (subject to hydrolysis) is 1. The normalized spacial score (nSPS) is 11.8. The van der Waals surface area contributed by atoms with Crippen molar-refractivity contribution in [2.75, 3.05) is 6.54 Å². The van der Waals surface area contributed by atoms with Crippen LogP contribution in [0.4, 0.5) is 18.0 Å². The third-order valence-corrected chi connectivity index (χ3v) is 3.63. The van der Waals surface area contributed by atoms with Gasteiger partial charge in [-0.15, -0.1) is 0 Å². The molecule has 11 nitrogen and oxygen atoms in total.